The Bertz CT molecular complexity index is 294. The molecule has 1 aromatic carbocycles. The molecule has 0 aliphatic carbocycles. The molecule has 78 valence electrons. The number of rotatable bonds is 4. The van der Waals surface area contributed by atoms with E-state index in [-0.39, 0.29) is 13.2 Å². The zero-order chi connectivity index (χ0) is 10.6. The van der Waals surface area contributed by atoms with Crippen molar-refractivity contribution in [1.82, 2.24) is 0 Å². The minimum absolute atomic E-state index is 0.0389. The van der Waals surface area contributed by atoms with Crippen molar-refractivity contribution in [3.8, 4) is 5.75 Å². The zero-order valence-electron chi connectivity index (χ0n) is 7.40. The summed E-state index contributed by atoms with van der Waals surface area (Å²) in [6.45, 7) is -1.12. The predicted octanol–water partition coefficient (Wildman–Crippen LogP) is 1.77. The van der Waals surface area contributed by atoms with Gasteiger partial charge in [-0.1, -0.05) is 0 Å². The molecule has 0 aromatic heterocycles. The van der Waals surface area contributed by atoms with Crippen molar-refractivity contribution in [3.63, 3.8) is 0 Å². The molecule has 0 saturated carbocycles. The van der Waals surface area contributed by atoms with Gasteiger partial charge in [-0.25, -0.2) is 13.2 Å². The third kappa shape index (κ3) is 2.38. The van der Waals surface area contributed by atoms with Gasteiger partial charge < -0.3 is 10.5 Å². The van der Waals surface area contributed by atoms with Crippen LogP contribution in [0.15, 0.2) is 12.1 Å². The Morgan fingerprint density at radius 3 is 2.21 bits per heavy atom. The summed E-state index contributed by atoms with van der Waals surface area (Å²) < 4.78 is 42.4. The molecule has 0 aliphatic heterocycles. The van der Waals surface area contributed by atoms with Crippen LogP contribution in [0, 0.1) is 11.6 Å². The van der Waals surface area contributed by atoms with Crippen LogP contribution in [0.3, 0.4) is 0 Å². The Balaban J connectivity index is 2.93. The standard InChI is InChI=1S/C9H10F3NO/c10-1-2-14-9-7(11)3-6(5-13)4-8(9)12/h3-4H,1-2,5,13H2. The molecule has 0 amide bonds. The van der Waals surface area contributed by atoms with Crippen LogP contribution >= 0.6 is 0 Å². The molecule has 0 heterocycles. The van der Waals surface area contributed by atoms with E-state index in [2.05, 4.69) is 4.74 Å². The van der Waals surface area contributed by atoms with Gasteiger partial charge in [0.25, 0.3) is 0 Å². The van der Waals surface area contributed by atoms with Gasteiger partial charge in [0, 0.05) is 6.54 Å². The Labute approximate surface area is 79.5 Å². The third-order valence-electron chi connectivity index (χ3n) is 1.62. The summed E-state index contributed by atoms with van der Waals surface area (Å²) in [5.41, 5.74) is 5.53. The van der Waals surface area contributed by atoms with E-state index in [1.807, 2.05) is 0 Å². The average molecular weight is 205 g/mol. The number of hydrogen-bond donors (Lipinski definition) is 1. The SMILES string of the molecule is NCc1cc(F)c(OCCF)c(F)c1. The molecule has 0 saturated heterocycles. The Kier molecular flexibility index (Phi) is 3.76. The number of benzene rings is 1. The quantitative estimate of drug-likeness (QED) is 0.813. The van der Waals surface area contributed by atoms with Crippen LogP contribution in [-0.2, 0) is 6.54 Å². The predicted molar refractivity (Wildman–Crippen MR) is 45.7 cm³/mol. The number of alkyl halides is 1. The topological polar surface area (TPSA) is 35.2 Å². The molecule has 1 rings (SSSR count). The molecular formula is C9H10F3NO. The molecule has 0 fully saturated rings. The first-order valence-electron chi connectivity index (χ1n) is 4.05. The van der Waals surface area contributed by atoms with Gasteiger partial charge in [-0.2, -0.15) is 0 Å². The maximum Gasteiger partial charge on any atom is 0.190 e. The van der Waals surface area contributed by atoms with Gasteiger partial charge >= 0.3 is 0 Å². The van der Waals surface area contributed by atoms with Crippen molar-refractivity contribution >= 4 is 0 Å². The summed E-state index contributed by atoms with van der Waals surface area (Å²) >= 11 is 0. The van der Waals surface area contributed by atoms with Crippen LogP contribution in [0.5, 0.6) is 5.75 Å². The highest BCUT2D eigenvalue weighted by Crippen LogP contribution is 2.23. The lowest BCUT2D eigenvalue weighted by Gasteiger charge is -2.07. The van der Waals surface area contributed by atoms with E-state index in [0.29, 0.717) is 5.56 Å². The van der Waals surface area contributed by atoms with E-state index in [0.717, 1.165) is 12.1 Å². The summed E-state index contributed by atoms with van der Waals surface area (Å²) in [5.74, 6) is -2.28. The molecule has 14 heavy (non-hydrogen) atoms. The number of hydrogen-bond acceptors (Lipinski definition) is 2. The third-order valence-corrected chi connectivity index (χ3v) is 1.62. The molecule has 0 radical (unpaired) electrons. The highest BCUT2D eigenvalue weighted by molar-refractivity contribution is 5.31. The van der Waals surface area contributed by atoms with E-state index in [1.54, 1.807) is 0 Å². The highest BCUT2D eigenvalue weighted by Gasteiger charge is 2.11. The molecule has 0 bridgehead atoms. The zero-order valence-corrected chi connectivity index (χ0v) is 7.40. The lowest BCUT2D eigenvalue weighted by Crippen LogP contribution is -2.05. The summed E-state index contributed by atoms with van der Waals surface area (Å²) in [7, 11) is 0. The molecule has 2 nitrogen and oxygen atoms in total. The van der Waals surface area contributed by atoms with Crippen molar-refractivity contribution in [2.24, 2.45) is 5.73 Å². The number of halogens is 3. The maximum atomic E-state index is 13.1. The molecule has 5 heteroatoms. The van der Waals surface area contributed by atoms with Gasteiger partial charge in [0.15, 0.2) is 17.4 Å². The van der Waals surface area contributed by atoms with Gasteiger partial charge in [0.1, 0.15) is 13.3 Å². The molecule has 1 aromatic rings. The molecule has 0 atom stereocenters. The largest absolute Gasteiger partial charge is 0.485 e. The summed E-state index contributed by atoms with van der Waals surface area (Å²) in [5, 5.41) is 0. The van der Waals surface area contributed by atoms with E-state index in [9.17, 15) is 13.2 Å². The lowest BCUT2D eigenvalue weighted by atomic mass is 10.2. The maximum absolute atomic E-state index is 13.1. The van der Waals surface area contributed by atoms with Crippen molar-refractivity contribution in [2.75, 3.05) is 13.3 Å². The first kappa shape index (κ1) is 10.8. The fourth-order valence-electron chi connectivity index (χ4n) is 1.01. The van der Waals surface area contributed by atoms with Crippen molar-refractivity contribution in [1.29, 1.82) is 0 Å². The first-order chi connectivity index (χ1) is 6.69. The Morgan fingerprint density at radius 1 is 1.21 bits per heavy atom. The Morgan fingerprint density at radius 2 is 1.79 bits per heavy atom. The van der Waals surface area contributed by atoms with Gasteiger partial charge in [0.05, 0.1) is 0 Å². The van der Waals surface area contributed by atoms with Crippen molar-refractivity contribution in [2.45, 2.75) is 6.54 Å². The Hall–Kier alpha value is -1.23. The van der Waals surface area contributed by atoms with Gasteiger partial charge in [-0.3, -0.25) is 0 Å². The summed E-state index contributed by atoms with van der Waals surface area (Å²) in [6.07, 6.45) is 0. The van der Waals surface area contributed by atoms with Crippen LogP contribution < -0.4 is 10.5 Å². The highest BCUT2D eigenvalue weighted by atomic mass is 19.1. The molecule has 0 unspecified atom stereocenters. The fraction of sp³-hybridized carbons (Fsp3) is 0.333. The van der Waals surface area contributed by atoms with Gasteiger partial charge in [0.2, 0.25) is 0 Å². The van der Waals surface area contributed by atoms with Crippen LogP contribution in [0.1, 0.15) is 5.56 Å². The number of nitrogens with two attached hydrogens (primary N) is 1. The van der Waals surface area contributed by atoms with E-state index >= 15 is 0 Å². The van der Waals surface area contributed by atoms with Gasteiger partial charge in [-0.15, -0.1) is 0 Å². The number of ether oxygens (including phenoxy) is 1. The normalized spacial score (nSPS) is 10.3. The second-order valence-electron chi connectivity index (χ2n) is 2.63. The van der Waals surface area contributed by atoms with E-state index < -0.39 is 24.1 Å². The molecule has 0 aliphatic rings. The molecule has 2 N–H and O–H groups in total. The van der Waals surface area contributed by atoms with Crippen LogP contribution in [0.25, 0.3) is 0 Å². The van der Waals surface area contributed by atoms with E-state index in [1.165, 1.54) is 0 Å². The smallest absolute Gasteiger partial charge is 0.190 e. The van der Waals surface area contributed by atoms with E-state index in [4.69, 9.17) is 5.73 Å². The van der Waals surface area contributed by atoms with Crippen LogP contribution in [0.4, 0.5) is 13.2 Å². The minimum atomic E-state index is -0.862. The van der Waals surface area contributed by atoms with Crippen LogP contribution in [0.2, 0.25) is 0 Å². The molecular weight excluding hydrogens is 195 g/mol. The monoisotopic (exact) mass is 205 g/mol. The lowest BCUT2D eigenvalue weighted by molar-refractivity contribution is 0.251. The second kappa shape index (κ2) is 4.85. The average Bonchev–Trinajstić information content (AvgIpc) is 2.16. The summed E-state index contributed by atoms with van der Waals surface area (Å²) in [4.78, 5) is 0. The van der Waals surface area contributed by atoms with Crippen molar-refractivity contribution < 1.29 is 17.9 Å². The summed E-state index contributed by atoms with van der Waals surface area (Å²) in [6, 6.07) is 2.13. The fourth-order valence-corrected chi connectivity index (χ4v) is 1.01. The first-order valence-corrected chi connectivity index (χ1v) is 4.05. The second-order valence-corrected chi connectivity index (χ2v) is 2.63. The van der Waals surface area contributed by atoms with Gasteiger partial charge in [-0.05, 0) is 17.7 Å². The molecule has 0 spiro atoms. The van der Waals surface area contributed by atoms with Crippen LogP contribution in [-0.4, -0.2) is 13.3 Å². The van der Waals surface area contributed by atoms with Crippen molar-refractivity contribution in [3.05, 3.63) is 29.3 Å². The minimum Gasteiger partial charge on any atom is -0.485 e.